The van der Waals surface area contributed by atoms with Crippen molar-refractivity contribution in [3.8, 4) is 11.5 Å². The number of benzene rings is 2. The summed E-state index contributed by atoms with van der Waals surface area (Å²) in [5.41, 5.74) is 1.99. The molecule has 1 aromatic heterocycles. The van der Waals surface area contributed by atoms with Crippen LogP contribution in [0, 0.1) is 6.92 Å². The molecule has 1 aliphatic rings. The van der Waals surface area contributed by atoms with Crippen LogP contribution in [-0.2, 0) is 14.8 Å². The number of nitrogens with one attached hydrogen (secondary N) is 1. The van der Waals surface area contributed by atoms with Crippen LogP contribution in [0.15, 0.2) is 57.9 Å². The second kappa shape index (κ2) is 9.40. The normalized spacial score (nSPS) is 15.1. The summed E-state index contributed by atoms with van der Waals surface area (Å²) >= 11 is 5.79. The van der Waals surface area contributed by atoms with E-state index in [2.05, 4.69) is 14.9 Å². The highest BCUT2D eigenvalue weighted by Crippen LogP contribution is 2.28. The van der Waals surface area contributed by atoms with Crippen molar-refractivity contribution in [1.82, 2.24) is 19.8 Å². The summed E-state index contributed by atoms with van der Waals surface area (Å²) in [6, 6.07) is 13.6. The van der Waals surface area contributed by atoms with Gasteiger partial charge in [-0.2, -0.15) is 4.98 Å². The van der Waals surface area contributed by atoms with Crippen LogP contribution in [-0.4, -0.2) is 49.0 Å². The summed E-state index contributed by atoms with van der Waals surface area (Å²) in [5, 5.41) is 4.57. The Balaban J connectivity index is 1.31. The third-order valence-electron chi connectivity index (χ3n) is 5.46. The van der Waals surface area contributed by atoms with Gasteiger partial charge in [-0.15, -0.1) is 0 Å². The first-order chi connectivity index (χ1) is 15.3. The molecule has 168 valence electrons. The summed E-state index contributed by atoms with van der Waals surface area (Å²) in [4.78, 5) is 18.8. The van der Waals surface area contributed by atoms with Crippen molar-refractivity contribution >= 4 is 27.5 Å². The van der Waals surface area contributed by atoms with Gasteiger partial charge in [0, 0.05) is 29.6 Å². The van der Waals surface area contributed by atoms with Crippen LogP contribution < -0.4 is 4.72 Å². The maximum atomic E-state index is 12.5. The number of likely N-dealkylation sites (tertiary alicyclic amines) is 1. The van der Waals surface area contributed by atoms with Gasteiger partial charge in [0.2, 0.25) is 15.9 Å². The molecule has 2 heterocycles. The topological polar surface area (TPSA) is 105 Å². The first kappa shape index (κ1) is 22.4. The number of piperidine rings is 1. The molecule has 0 radical (unpaired) electrons. The van der Waals surface area contributed by atoms with Gasteiger partial charge in [0.15, 0.2) is 5.82 Å². The van der Waals surface area contributed by atoms with E-state index < -0.39 is 10.0 Å². The van der Waals surface area contributed by atoms with Crippen molar-refractivity contribution in [2.75, 3.05) is 19.6 Å². The number of hydrogen-bond donors (Lipinski definition) is 1. The summed E-state index contributed by atoms with van der Waals surface area (Å²) in [6.07, 6.45) is 1.37. The number of aromatic nitrogens is 2. The number of halogens is 1. The van der Waals surface area contributed by atoms with Crippen LogP contribution in [0.4, 0.5) is 0 Å². The van der Waals surface area contributed by atoms with Gasteiger partial charge in [-0.25, -0.2) is 13.1 Å². The lowest BCUT2D eigenvalue weighted by Crippen LogP contribution is -2.43. The molecule has 1 N–H and O–H groups in total. The van der Waals surface area contributed by atoms with Crippen molar-refractivity contribution in [3.63, 3.8) is 0 Å². The lowest BCUT2D eigenvalue weighted by molar-refractivity contribution is -0.131. The Labute approximate surface area is 191 Å². The number of aryl methyl sites for hydroxylation is 1. The molecule has 1 aliphatic heterocycles. The molecular formula is C22H23ClN4O4S. The minimum Gasteiger partial charge on any atom is -0.342 e. The van der Waals surface area contributed by atoms with Gasteiger partial charge < -0.3 is 9.42 Å². The Morgan fingerprint density at radius 2 is 1.91 bits per heavy atom. The second-order valence-corrected chi connectivity index (χ2v) is 9.96. The molecule has 8 nitrogen and oxygen atoms in total. The van der Waals surface area contributed by atoms with Gasteiger partial charge in [0.25, 0.3) is 5.89 Å². The monoisotopic (exact) mass is 474 g/mol. The largest absolute Gasteiger partial charge is 0.342 e. The first-order valence-corrected chi connectivity index (χ1v) is 12.1. The van der Waals surface area contributed by atoms with E-state index in [9.17, 15) is 13.2 Å². The maximum absolute atomic E-state index is 12.5. The van der Waals surface area contributed by atoms with Gasteiger partial charge >= 0.3 is 0 Å². The van der Waals surface area contributed by atoms with Crippen LogP contribution in [0.3, 0.4) is 0 Å². The zero-order valence-corrected chi connectivity index (χ0v) is 19.1. The van der Waals surface area contributed by atoms with E-state index in [1.165, 1.54) is 24.3 Å². The van der Waals surface area contributed by atoms with Crippen LogP contribution in [0.1, 0.15) is 30.1 Å². The summed E-state index contributed by atoms with van der Waals surface area (Å²) in [7, 11) is -3.78. The molecule has 0 saturated carbocycles. The van der Waals surface area contributed by atoms with Gasteiger partial charge in [0.05, 0.1) is 11.4 Å². The summed E-state index contributed by atoms with van der Waals surface area (Å²) in [5.74, 6) is 0.942. The molecular weight excluding hydrogens is 452 g/mol. The third kappa shape index (κ3) is 5.17. The minimum absolute atomic E-state index is 0.0647. The van der Waals surface area contributed by atoms with Gasteiger partial charge in [-0.1, -0.05) is 34.5 Å². The van der Waals surface area contributed by atoms with E-state index in [4.69, 9.17) is 16.1 Å². The molecule has 32 heavy (non-hydrogen) atoms. The standard InChI is InChI=1S/C22H23ClN4O4S/c1-15-3-2-4-17(13-15)22-25-21(26-31-22)16-9-11-27(12-10-16)20(28)14-24-32(29,30)19-7-5-18(23)6-8-19/h2-8,13,16,24H,9-12,14H2,1H3. The lowest BCUT2D eigenvalue weighted by Gasteiger charge is -2.30. The highest BCUT2D eigenvalue weighted by Gasteiger charge is 2.28. The van der Waals surface area contributed by atoms with Crippen LogP contribution >= 0.6 is 11.6 Å². The fraction of sp³-hybridized carbons (Fsp3) is 0.318. The predicted octanol–water partition coefficient (Wildman–Crippen LogP) is 3.38. The van der Waals surface area contributed by atoms with E-state index in [1.54, 1.807) is 4.90 Å². The van der Waals surface area contributed by atoms with E-state index in [0.29, 0.717) is 42.7 Å². The van der Waals surface area contributed by atoms with Crippen molar-refractivity contribution in [3.05, 3.63) is 64.9 Å². The fourth-order valence-corrected chi connectivity index (χ4v) is 4.75. The van der Waals surface area contributed by atoms with E-state index in [-0.39, 0.29) is 23.3 Å². The molecule has 1 saturated heterocycles. The number of sulfonamides is 1. The van der Waals surface area contributed by atoms with Gasteiger partial charge in [-0.05, 0) is 56.2 Å². The first-order valence-electron chi connectivity index (χ1n) is 10.3. The SMILES string of the molecule is Cc1cccc(-c2nc(C3CCN(C(=O)CNS(=O)(=O)c4ccc(Cl)cc4)CC3)no2)c1. The third-order valence-corrected chi connectivity index (χ3v) is 7.13. The van der Waals surface area contributed by atoms with Crippen LogP contribution in [0.25, 0.3) is 11.5 Å². The van der Waals surface area contributed by atoms with Gasteiger partial charge in [0.1, 0.15) is 0 Å². The Kier molecular flexibility index (Phi) is 6.59. The smallest absolute Gasteiger partial charge is 0.257 e. The molecule has 3 aromatic rings. The molecule has 0 aliphatic carbocycles. The fourth-order valence-electron chi connectivity index (χ4n) is 3.65. The molecule has 0 spiro atoms. The molecule has 2 aromatic carbocycles. The predicted molar refractivity (Wildman–Crippen MR) is 120 cm³/mol. The van der Waals surface area contributed by atoms with E-state index >= 15 is 0 Å². The Morgan fingerprint density at radius 1 is 1.19 bits per heavy atom. The molecule has 0 atom stereocenters. The molecule has 0 unspecified atom stereocenters. The Bertz CT molecular complexity index is 1200. The Morgan fingerprint density at radius 3 is 2.59 bits per heavy atom. The average Bonchev–Trinajstić information content (AvgIpc) is 3.28. The molecule has 4 rings (SSSR count). The highest BCUT2D eigenvalue weighted by atomic mass is 35.5. The quantitative estimate of drug-likeness (QED) is 0.587. The average molecular weight is 475 g/mol. The number of amides is 1. The number of hydrogen-bond acceptors (Lipinski definition) is 6. The molecule has 10 heteroatoms. The highest BCUT2D eigenvalue weighted by molar-refractivity contribution is 7.89. The van der Waals surface area contributed by atoms with Crippen molar-refractivity contribution in [2.45, 2.75) is 30.6 Å². The minimum atomic E-state index is -3.78. The second-order valence-electron chi connectivity index (χ2n) is 7.76. The number of carbonyl (C=O) groups excluding carboxylic acids is 1. The summed E-state index contributed by atoms with van der Waals surface area (Å²) in [6.45, 7) is 2.71. The lowest BCUT2D eigenvalue weighted by atomic mass is 9.96. The Hall–Kier alpha value is -2.75. The molecule has 0 bridgehead atoms. The molecule has 1 fully saturated rings. The molecule has 1 amide bonds. The number of rotatable bonds is 6. The van der Waals surface area contributed by atoms with Crippen molar-refractivity contribution < 1.29 is 17.7 Å². The zero-order chi connectivity index (χ0) is 22.7. The van der Waals surface area contributed by atoms with Crippen LogP contribution in [0.2, 0.25) is 5.02 Å². The van der Waals surface area contributed by atoms with Crippen molar-refractivity contribution in [1.29, 1.82) is 0 Å². The zero-order valence-electron chi connectivity index (χ0n) is 17.5. The van der Waals surface area contributed by atoms with Gasteiger partial charge in [-0.3, -0.25) is 4.79 Å². The van der Waals surface area contributed by atoms with Crippen molar-refractivity contribution in [2.24, 2.45) is 0 Å². The summed E-state index contributed by atoms with van der Waals surface area (Å²) < 4.78 is 32.5. The van der Waals surface area contributed by atoms with E-state index in [0.717, 1.165) is 11.1 Å². The maximum Gasteiger partial charge on any atom is 0.257 e. The number of carbonyl (C=O) groups is 1. The van der Waals surface area contributed by atoms with E-state index in [1.807, 2.05) is 31.2 Å². The number of nitrogens with zero attached hydrogens (tertiary/aromatic N) is 3. The van der Waals surface area contributed by atoms with Crippen LogP contribution in [0.5, 0.6) is 0 Å².